The third kappa shape index (κ3) is 4.28. The first-order valence-corrected chi connectivity index (χ1v) is 8.37. The lowest BCUT2D eigenvalue weighted by Crippen LogP contribution is -2.36. The van der Waals surface area contributed by atoms with Crippen LogP contribution in [-0.2, 0) is 14.3 Å². The van der Waals surface area contributed by atoms with Crippen molar-refractivity contribution in [2.75, 3.05) is 12.3 Å². The molecule has 6 nitrogen and oxygen atoms in total. The molecule has 0 bridgehead atoms. The number of thioether (sulfide) groups is 1. The third-order valence-electron chi connectivity index (χ3n) is 2.65. The van der Waals surface area contributed by atoms with Crippen LogP contribution in [0.15, 0.2) is 35.5 Å². The van der Waals surface area contributed by atoms with Gasteiger partial charge in [-0.25, -0.2) is 9.97 Å². The summed E-state index contributed by atoms with van der Waals surface area (Å²) in [6.45, 7) is 5.37. The summed E-state index contributed by atoms with van der Waals surface area (Å²) in [6, 6.07) is 1.92. The normalized spacial score (nSPS) is 11.9. The maximum absolute atomic E-state index is 11.8. The molecule has 0 aliphatic rings. The molecule has 0 aliphatic heterocycles. The predicted octanol–water partition coefficient (Wildman–Crippen LogP) is 2.02. The molecule has 0 saturated carbocycles. The minimum atomic E-state index is -0.834. The van der Waals surface area contributed by atoms with E-state index in [0.717, 1.165) is 15.2 Å². The molecule has 116 valence electrons. The lowest BCUT2D eigenvalue weighted by Gasteiger charge is -2.12. The Bertz CT molecular complexity index is 687. The maximum atomic E-state index is 11.8. The number of amides is 1. The molecule has 0 aromatic carbocycles. The molecule has 0 aliphatic carbocycles. The van der Waals surface area contributed by atoms with Crippen LogP contribution < -0.4 is 5.32 Å². The zero-order valence-electron chi connectivity index (χ0n) is 11.9. The first kappa shape index (κ1) is 16.4. The van der Waals surface area contributed by atoms with E-state index in [2.05, 4.69) is 21.9 Å². The fraction of sp³-hybridized carbons (Fsp3) is 0.286. The number of nitrogens with one attached hydrogen (secondary N) is 1. The van der Waals surface area contributed by atoms with E-state index in [1.54, 1.807) is 6.08 Å². The van der Waals surface area contributed by atoms with Crippen molar-refractivity contribution in [3.63, 3.8) is 0 Å². The van der Waals surface area contributed by atoms with Gasteiger partial charge in [-0.3, -0.25) is 9.59 Å². The minimum Gasteiger partial charge on any atom is -0.452 e. The van der Waals surface area contributed by atoms with Gasteiger partial charge in [-0.05, 0) is 18.4 Å². The minimum absolute atomic E-state index is 0.0844. The fourth-order valence-electron chi connectivity index (χ4n) is 1.61. The van der Waals surface area contributed by atoms with Gasteiger partial charge >= 0.3 is 5.97 Å². The van der Waals surface area contributed by atoms with Crippen LogP contribution in [-0.4, -0.2) is 40.2 Å². The van der Waals surface area contributed by atoms with Gasteiger partial charge in [0.25, 0.3) is 5.91 Å². The van der Waals surface area contributed by atoms with Gasteiger partial charge in [-0.2, -0.15) is 0 Å². The summed E-state index contributed by atoms with van der Waals surface area (Å²) >= 11 is 2.78. The monoisotopic (exact) mass is 337 g/mol. The number of esters is 1. The Kier molecular flexibility index (Phi) is 5.91. The summed E-state index contributed by atoms with van der Waals surface area (Å²) in [5.41, 5.74) is 0. The number of thiophene rings is 1. The molecule has 2 aromatic rings. The second-order valence-electron chi connectivity index (χ2n) is 4.27. The lowest BCUT2D eigenvalue weighted by atomic mass is 10.3. The molecule has 8 heteroatoms. The Morgan fingerprint density at radius 3 is 3.14 bits per heavy atom. The van der Waals surface area contributed by atoms with Crippen molar-refractivity contribution in [1.29, 1.82) is 0 Å². The number of nitrogens with zero attached hydrogens (tertiary/aromatic N) is 2. The first-order chi connectivity index (χ1) is 10.6. The Labute approximate surface area is 136 Å². The first-order valence-electron chi connectivity index (χ1n) is 6.51. The van der Waals surface area contributed by atoms with Crippen LogP contribution in [0.25, 0.3) is 10.2 Å². The van der Waals surface area contributed by atoms with Gasteiger partial charge in [0.05, 0.1) is 5.75 Å². The maximum Gasteiger partial charge on any atom is 0.317 e. The second-order valence-corrected chi connectivity index (χ2v) is 6.13. The highest BCUT2D eigenvalue weighted by molar-refractivity contribution is 8.00. The van der Waals surface area contributed by atoms with E-state index >= 15 is 0 Å². The molecule has 0 unspecified atom stereocenters. The molecule has 22 heavy (non-hydrogen) atoms. The van der Waals surface area contributed by atoms with Crippen molar-refractivity contribution in [1.82, 2.24) is 15.3 Å². The Morgan fingerprint density at radius 2 is 2.36 bits per heavy atom. The van der Waals surface area contributed by atoms with Crippen LogP contribution >= 0.6 is 23.1 Å². The molecule has 0 saturated heterocycles. The van der Waals surface area contributed by atoms with Crippen LogP contribution in [0.5, 0.6) is 0 Å². The molecule has 2 rings (SSSR count). The molecule has 2 aromatic heterocycles. The van der Waals surface area contributed by atoms with Crippen molar-refractivity contribution in [2.24, 2.45) is 0 Å². The molecular weight excluding hydrogens is 322 g/mol. The summed E-state index contributed by atoms with van der Waals surface area (Å²) < 4.78 is 5.08. The van der Waals surface area contributed by atoms with Crippen molar-refractivity contribution < 1.29 is 14.3 Å². The van der Waals surface area contributed by atoms with Crippen LogP contribution in [0.4, 0.5) is 0 Å². The van der Waals surface area contributed by atoms with Crippen molar-refractivity contribution in [3.05, 3.63) is 30.4 Å². The summed E-state index contributed by atoms with van der Waals surface area (Å²) in [6.07, 6.45) is 2.20. The number of ether oxygens (including phenoxy) is 1. The molecule has 2 heterocycles. The number of carbonyl (C=O) groups excluding carboxylic acids is 2. The molecule has 1 amide bonds. The zero-order chi connectivity index (χ0) is 15.9. The van der Waals surface area contributed by atoms with Gasteiger partial charge in [0, 0.05) is 11.9 Å². The van der Waals surface area contributed by atoms with E-state index in [4.69, 9.17) is 4.74 Å². The summed E-state index contributed by atoms with van der Waals surface area (Å²) in [4.78, 5) is 32.6. The highest BCUT2D eigenvalue weighted by atomic mass is 32.2. The number of rotatable bonds is 7. The van der Waals surface area contributed by atoms with Crippen LogP contribution in [0.3, 0.4) is 0 Å². The van der Waals surface area contributed by atoms with Crippen molar-refractivity contribution in [3.8, 4) is 0 Å². The van der Waals surface area contributed by atoms with Crippen molar-refractivity contribution in [2.45, 2.75) is 18.1 Å². The number of hydrogen-bond acceptors (Lipinski definition) is 7. The van der Waals surface area contributed by atoms with Gasteiger partial charge in [-0.15, -0.1) is 17.9 Å². The molecule has 0 fully saturated rings. The standard InChI is InChI=1S/C14H15N3O3S2/c1-3-5-15-12(19)9(2)20-11(18)7-22-14-10-4-6-21-13(10)16-8-17-14/h3-4,6,8-9H,1,5,7H2,2H3,(H,15,19)/t9-/m1/s1. The molecule has 0 spiro atoms. The van der Waals surface area contributed by atoms with Gasteiger partial charge in [-0.1, -0.05) is 17.8 Å². The largest absolute Gasteiger partial charge is 0.452 e. The summed E-state index contributed by atoms with van der Waals surface area (Å²) in [5, 5.41) is 6.14. The topological polar surface area (TPSA) is 81.2 Å². The Hall–Kier alpha value is -1.93. The van der Waals surface area contributed by atoms with Gasteiger partial charge in [0.2, 0.25) is 0 Å². The van der Waals surface area contributed by atoms with E-state index in [9.17, 15) is 9.59 Å². The van der Waals surface area contributed by atoms with Gasteiger partial charge in [0.1, 0.15) is 16.2 Å². The van der Waals surface area contributed by atoms with E-state index in [-0.39, 0.29) is 11.7 Å². The molecule has 1 atom stereocenters. The second kappa shape index (κ2) is 7.90. The summed E-state index contributed by atoms with van der Waals surface area (Å²) in [7, 11) is 0. The van der Waals surface area contributed by atoms with E-state index in [0.29, 0.717) is 6.54 Å². The quantitative estimate of drug-likeness (QED) is 0.360. The van der Waals surface area contributed by atoms with Crippen molar-refractivity contribution >= 4 is 45.2 Å². The number of hydrogen-bond donors (Lipinski definition) is 1. The molecular formula is C14H15N3O3S2. The zero-order valence-corrected chi connectivity index (χ0v) is 13.6. The van der Waals surface area contributed by atoms with E-state index in [1.807, 2.05) is 11.4 Å². The third-order valence-corrected chi connectivity index (χ3v) is 4.45. The molecule has 0 radical (unpaired) electrons. The van der Waals surface area contributed by atoms with Crippen LogP contribution in [0.1, 0.15) is 6.92 Å². The number of aromatic nitrogens is 2. The smallest absolute Gasteiger partial charge is 0.317 e. The van der Waals surface area contributed by atoms with Crippen LogP contribution in [0, 0.1) is 0 Å². The Morgan fingerprint density at radius 1 is 1.55 bits per heavy atom. The predicted molar refractivity (Wildman–Crippen MR) is 86.9 cm³/mol. The summed E-state index contributed by atoms with van der Waals surface area (Å²) in [5.74, 6) is -0.727. The molecule has 1 N–H and O–H groups in total. The van der Waals surface area contributed by atoms with Gasteiger partial charge < -0.3 is 10.1 Å². The number of fused-ring (bicyclic) bond motifs is 1. The number of carbonyl (C=O) groups is 2. The average Bonchev–Trinajstić information content (AvgIpc) is 2.99. The highest BCUT2D eigenvalue weighted by Crippen LogP contribution is 2.27. The Balaban J connectivity index is 1.86. The lowest BCUT2D eigenvalue weighted by molar-refractivity contribution is -0.152. The average molecular weight is 337 g/mol. The highest BCUT2D eigenvalue weighted by Gasteiger charge is 2.17. The van der Waals surface area contributed by atoms with E-state index in [1.165, 1.54) is 36.3 Å². The van der Waals surface area contributed by atoms with E-state index < -0.39 is 12.1 Å². The fourth-order valence-corrected chi connectivity index (χ4v) is 3.17. The van der Waals surface area contributed by atoms with Gasteiger partial charge in [0.15, 0.2) is 6.10 Å². The van der Waals surface area contributed by atoms with Crippen LogP contribution in [0.2, 0.25) is 0 Å². The SMILES string of the molecule is C=CCNC(=O)[C@@H](C)OC(=O)CSc1ncnc2sccc12.